The van der Waals surface area contributed by atoms with Crippen molar-refractivity contribution in [2.24, 2.45) is 4.99 Å². The van der Waals surface area contributed by atoms with E-state index in [-0.39, 0.29) is 6.04 Å². The van der Waals surface area contributed by atoms with Gasteiger partial charge in [-0.3, -0.25) is 0 Å². The Morgan fingerprint density at radius 2 is 1.63 bits per heavy atom. The van der Waals surface area contributed by atoms with Crippen LogP contribution in [0, 0.1) is 0 Å². The van der Waals surface area contributed by atoms with Crippen LogP contribution in [-0.4, -0.2) is 28.7 Å². The molecule has 19 heavy (non-hydrogen) atoms. The van der Waals surface area contributed by atoms with Crippen molar-refractivity contribution >= 4 is 28.7 Å². The van der Waals surface area contributed by atoms with Crippen LogP contribution in [-0.2, 0) is 0 Å². The molecule has 0 N–H and O–H groups in total. The molecular formula is C16H26NSeSi. The molecule has 0 fully saturated rings. The molecule has 0 heterocycles. The van der Waals surface area contributed by atoms with Crippen LogP contribution < -0.4 is 0 Å². The normalized spacial score (nSPS) is 14.4. The summed E-state index contributed by atoms with van der Waals surface area (Å²) in [6.07, 6.45) is 0. The first-order valence-corrected chi connectivity index (χ1v) is 11.0. The molecule has 1 rings (SSSR count). The van der Waals surface area contributed by atoms with Gasteiger partial charge in [-0.15, -0.1) is 0 Å². The van der Waals surface area contributed by atoms with Gasteiger partial charge in [0.1, 0.15) is 0 Å². The van der Waals surface area contributed by atoms with Crippen molar-refractivity contribution in [2.75, 3.05) is 0 Å². The van der Waals surface area contributed by atoms with Crippen molar-refractivity contribution in [2.45, 2.75) is 57.9 Å². The molecule has 0 saturated carbocycles. The summed E-state index contributed by atoms with van der Waals surface area (Å²) < 4.78 is 1.23. The van der Waals surface area contributed by atoms with E-state index in [1.807, 2.05) is 0 Å². The first kappa shape index (κ1) is 16.7. The molecule has 0 aliphatic carbocycles. The average molecular weight is 339 g/mol. The van der Waals surface area contributed by atoms with Gasteiger partial charge in [0.2, 0.25) is 0 Å². The summed E-state index contributed by atoms with van der Waals surface area (Å²) in [6.45, 7) is 9.24. The van der Waals surface area contributed by atoms with E-state index in [1.165, 1.54) is 34.3 Å². The second-order valence-electron chi connectivity index (χ2n) is 5.35. The Labute approximate surface area is 127 Å². The minimum absolute atomic E-state index is 0.259. The maximum atomic E-state index is 4.87. The third-order valence-corrected chi connectivity index (χ3v) is 11.1. The Kier molecular flexibility index (Phi) is 7.05. The van der Waals surface area contributed by atoms with Crippen molar-refractivity contribution in [3.05, 3.63) is 35.9 Å². The Morgan fingerprint density at radius 1 is 1.11 bits per heavy atom. The first-order chi connectivity index (χ1) is 9.06. The molecule has 0 saturated heterocycles. The SMILES string of the molecule is CC[Si](CC)(CC)CC([Se])=NC(C)c1ccccc1. The molecule has 1 aromatic carbocycles. The molecule has 0 bridgehead atoms. The molecule has 0 aromatic heterocycles. The number of nitrogens with zero attached hydrogens (tertiary/aromatic N) is 1. The van der Waals surface area contributed by atoms with Crippen LogP contribution in [0.25, 0.3) is 0 Å². The van der Waals surface area contributed by atoms with E-state index in [2.05, 4.69) is 74.0 Å². The van der Waals surface area contributed by atoms with E-state index in [4.69, 9.17) is 4.99 Å². The minimum atomic E-state index is -1.11. The second kappa shape index (κ2) is 8.03. The van der Waals surface area contributed by atoms with Crippen LogP contribution in [0.1, 0.15) is 39.3 Å². The zero-order chi connectivity index (χ0) is 14.3. The summed E-state index contributed by atoms with van der Waals surface area (Å²) >= 11 is 3.22. The van der Waals surface area contributed by atoms with Crippen molar-refractivity contribution in [1.82, 2.24) is 0 Å². The van der Waals surface area contributed by atoms with E-state index in [0.29, 0.717) is 0 Å². The number of aliphatic imine (C=N–C) groups is 1. The van der Waals surface area contributed by atoms with Crippen LogP contribution in [0.4, 0.5) is 0 Å². The predicted octanol–water partition coefficient (Wildman–Crippen LogP) is 4.82. The van der Waals surface area contributed by atoms with Gasteiger partial charge in [0.05, 0.1) is 0 Å². The van der Waals surface area contributed by atoms with Gasteiger partial charge >= 0.3 is 127 Å². The van der Waals surface area contributed by atoms with Gasteiger partial charge in [-0.25, -0.2) is 0 Å². The Hall–Kier alpha value is -0.374. The van der Waals surface area contributed by atoms with Gasteiger partial charge in [-0.2, -0.15) is 0 Å². The molecular weight excluding hydrogens is 313 g/mol. The van der Waals surface area contributed by atoms with E-state index in [9.17, 15) is 0 Å². The standard InChI is InChI=1S/C16H26NSeSi/c1-5-19(6-2,7-3)13-16(18)17-14(4)15-11-9-8-10-12-15/h8-12,14H,5-7,13H2,1-4H3. The Morgan fingerprint density at radius 3 is 2.11 bits per heavy atom. The van der Waals surface area contributed by atoms with Gasteiger partial charge in [0.25, 0.3) is 0 Å². The third-order valence-electron chi connectivity index (χ3n) is 4.40. The van der Waals surface area contributed by atoms with Gasteiger partial charge < -0.3 is 0 Å². The Bertz CT molecular complexity index is 390. The number of hydrogen-bond acceptors (Lipinski definition) is 1. The Balaban J connectivity index is 2.77. The molecule has 1 unspecified atom stereocenters. The molecule has 3 heteroatoms. The molecule has 0 amide bonds. The topological polar surface area (TPSA) is 12.4 Å². The van der Waals surface area contributed by atoms with Crippen LogP contribution >= 0.6 is 0 Å². The number of rotatable bonds is 7. The molecule has 0 aliphatic heterocycles. The van der Waals surface area contributed by atoms with Crippen LogP contribution in [0.3, 0.4) is 0 Å². The van der Waals surface area contributed by atoms with Crippen LogP contribution in [0.5, 0.6) is 0 Å². The fourth-order valence-corrected chi connectivity index (χ4v) is 7.76. The summed E-state index contributed by atoms with van der Waals surface area (Å²) in [5, 5.41) is 0. The number of benzene rings is 1. The van der Waals surface area contributed by atoms with Crippen molar-refractivity contribution < 1.29 is 0 Å². The molecule has 105 valence electrons. The molecule has 1 radical (unpaired) electrons. The quantitative estimate of drug-likeness (QED) is 0.499. The van der Waals surface area contributed by atoms with Crippen LogP contribution in [0.2, 0.25) is 24.2 Å². The fraction of sp³-hybridized carbons (Fsp3) is 0.562. The van der Waals surface area contributed by atoms with E-state index >= 15 is 0 Å². The molecule has 0 spiro atoms. The number of hydrogen-bond donors (Lipinski definition) is 0. The molecule has 0 aliphatic rings. The molecule has 1 aromatic rings. The maximum absolute atomic E-state index is 4.87. The van der Waals surface area contributed by atoms with Crippen molar-refractivity contribution in [1.29, 1.82) is 0 Å². The molecule has 1 atom stereocenters. The first-order valence-electron chi connectivity index (χ1n) is 7.35. The molecule has 1 nitrogen and oxygen atoms in total. The summed E-state index contributed by atoms with van der Waals surface area (Å²) in [5.41, 5.74) is 1.30. The second-order valence-corrected chi connectivity index (χ2v) is 11.8. The van der Waals surface area contributed by atoms with E-state index in [0.717, 1.165) is 0 Å². The summed E-state index contributed by atoms with van der Waals surface area (Å²) in [6, 6.07) is 16.1. The van der Waals surface area contributed by atoms with E-state index < -0.39 is 8.07 Å². The zero-order valence-electron chi connectivity index (χ0n) is 12.6. The van der Waals surface area contributed by atoms with Crippen molar-refractivity contribution in [3.63, 3.8) is 0 Å². The summed E-state index contributed by atoms with van der Waals surface area (Å²) in [4.78, 5) is 4.87. The summed E-state index contributed by atoms with van der Waals surface area (Å²) in [5.74, 6) is 0. The predicted molar refractivity (Wildman–Crippen MR) is 90.1 cm³/mol. The van der Waals surface area contributed by atoms with Gasteiger partial charge in [-0.1, -0.05) is 0 Å². The van der Waals surface area contributed by atoms with Gasteiger partial charge in [0.15, 0.2) is 0 Å². The fourth-order valence-electron chi connectivity index (χ4n) is 2.51. The van der Waals surface area contributed by atoms with Gasteiger partial charge in [0, 0.05) is 0 Å². The zero-order valence-corrected chi connectivity index (χ0v) is 15.4. The van der Waals surface area contributed by atoms with Crippen molar-refractivity contribution in [3.8, 4) is 0 Å². The monoisotopic (exact) mass is 340 g/mol. The average Bonchev–Trinajstić information content (AvgIpc) is 2.46. The third kappa shape index (κ3) is 4.90. The van der Waals surface area contributed by atoms with Gasteiger partial charge in [-0.05, 0) is 0 Å². The van der Waals surface area contributed by atoms with E-state index in [1.54, 1.807) is 0 Å². The summed E-state index contributed by atoms with van der Waals surface area (Å²) in [7, 11) is -1.11. The van der Waals surface area contributed by atoms with Crippen LogP contribution in [0.15, 0.2) is 35.3 Å².